The Morgan fingerprint density at radius 2 is 1.93 bits per heavy atom. The Labute approximate surface area is 168 Å². The highest BCUT2D eigenvalue weighted by Crippen LogP contribution is 2.35. The van der Waals surface area contributed by atoms with Crippen LogP contribution in [0.15, 0.2) is 40.9 Å². The van der Waals surface area contributed by atoms with Crippen molar-refractivity contribution in [2.75, 3.05) is 12.4 Å². The minimum atomic E-state index is -2.90. The zero-order valence-electron chi connectivity index (χ0n) is 14.9. The molecule has 28 heavy (non-hydrogen) atoms. The van der Waals surface area contributed by atoms with E-state index < -0.39 is 23.8 Å². The number of ether oxygens (including phenoxy) is 1. The van der Waals surface area contributed by atoms with Gasteiger partial charge >= 0.3 is 0 Å². The van der Waals surface area contributed by atoms with Crippen LogP contribution < -0.4 is 10.1 Å². The van der Waals surface area contributed by atoms with E-state index in [9.17, 15) is 18.4 Å². The number of nitrogens with one attached hydrogen (secondary N) is 1. The predicted molar refractivity (Wildman–Crippen MR) is 104 cm³/mol. The summed E-state index contributed by atoms with van der Waals surface area (Å²) in [5.41, 5.74) is 0.660. The van der Waals surface area contributed by atoms with Crippen molar-refractivity contribution in [3.8, 4) is 11.8 Å². The monoisotopic (exact) mass is 449 g/mol. The maximum Gasteiger partial charge on any atom is 0.266 e. The van der Waals surface area contributed by atoms with Crippen LogP contribution in [0, 0.1) is 17.1 Å². The van der Waals surface area contributed by atoms with Gasteiger partial charge in [-0.3, -0.25) is 0 Å². The molecule has 0 unspecified atom stereocenters. The molecule has 0 aliphatic carbocycles. The fraction of sp³-hybridized carbons (Fsp3) is 0.200. The van der Waals surface area contributed by atoms with Crippen LogP contribution in [0.5, 0.6) is 5.75 Å². The Kier molecular flexibility index (Phi) is 5.75. The van der Waals surface area contributed by atoms with E-state index in [4.69, 9.17) is 4.74 Å². The van der Waals surface area contributed by atoms with Gasteiger partial charge in [0.1, 0.15) is 23.3 Å². The maximum atomic E-state index is 14.5. The van der Waals surface area contributed by atoms with Crippen molar-refractivity contribution in [1.82, 2.24) is 4.98 Å². The van der Waals surface area contributed by atoms with Crippen LogP contribution in [0.4, 0.5) is 18.9 Å². The summed E-state index contributed by atoms with van der Waals surface area (Å²) in [5, 5.41) is 13.1. The number of benzene rings is 2. The average Bonchev–Trinajstić information content (AvgIpc) is 2.67. The molecule has 0 bridgehead atoms. The minimum Gasteiger partial charge on any atom is -0.495 e. The quantitative estimate of drug-likeness (QED) is 0.509. The van der Waals surface area contributed by atoms with Gasteiger partial charge in [-0.1, -0.05) is 18.2 Å². The Morgan fingerprint density at radius 3 is 2.57 bits per heavy atom. The molecule has 2 aromatic carbocycles. The number of anilines is 1. The van der Waals surface area contributed by atoms with E-state index in [-0.39, 0.29) is 11.3 Å². The molecular weight excluding hydrogens is 435 g/mol. The van der Waals surface area contributed by atoms with Gasteiger partial charge in [-0.25, -0.2) is 18.2 Å². The molecule has 1 N–H and O–H groups in total. The first-order chi connectivity index (χ1) is 13.3. The molecule has 0 saturated carbocycles. The van der Waals surface area contributed by atoms with Crippen molar-refractivity contribution in [3.05, 3.63) is 63.5 Å². The van der Waals surface area contributed by atoms with E-state index in [1.54, 1.807) is 19.1 Å². The smallest absolute Gasteiger partial charge is 0.266 e. The van der Waals surface area contributed by atoms with Crippen LogP contribution >= 0.6 is 15.9 Å². The first-order valence-corrected chi connectivity index (χ1v) is 9.06. The molecule has 0 aliphatic rings. The summed E-state index contributed by atoms with van der Waals surface area (Å²) in [5.74, 6) is -0.399. The fourth-order valence-electron chi connectivity index (χ4n) is 2.94. The lowest BCUT2D eigenvalue weighted by atomic mass is 10.0. The molecule has 144 valence electrons. The number of rotatable bonds is 5. The van der Waals surface area contributed by atoms with Crippen molar-refractivity contribution in [1.29, 1.82) is 5.26 Å². The van der Waals surface area contributed by atoms with E-state index >= 15 is 0 Å². The molecule has 0 saturated heterocycles. The number of hydrogen-bond donors (Lipinski definition) is 1. The topological polar surface area (TPSA) is 57.9 Å². The molecule has 0 radical (unpaired) electrons. The summed E-state index contributed by atoms with van der Waals surface area (Å²) in [6.45, 7) is 1.66. The third-order valence-corrected chi connectivity index (χ3v) is 4.95. The highest BCUT2D eigenvalue weighted by molar-refractivity contribution is 9.10. The van der Waals surface area contributed by atoms with E-state index in [1.165, 1.54) is 25.3 Å². The third kappa shape index (κ3) is 3.76. The second kappa shape index (κ2) is 8.07. The summed E-state index contributed by atoms with van der Waals surface area (Å²) in [4.78, 5) is 4.26. The first kappa shape index (κ1) is 20.0. The number of pyridine rings is 1. The summed E-state index contributed by atoms with van der Waals surface area (Å²) in [6, 6.07) is 10.2. The Bertz CT molecular complexity index is 1080. The number of halogens is 4. The Hall–Kier alpha value is -2.79. The van der Waals surface area contributed by atoms with Gasteiger partial charge in [0.05, 0.1) is 28.7 Å². The minimum absolute atomic E-state index is 0.105. The lowest BCUT2D eigenvalue weighted by Crippen LogP contribution is -2.11. The zero-order chi connectivity index (χ0) is 20.4. The highest BCUT2D eigenvalue weighted by atomic mass is 79.9. The summed E-state index contributed by atoms with van der Waals surface area (Å²) < 4.78 is 46.4. The molecular formula is C20H15BrF3N3O. The van der Waals surface area contributed by atoms with Crippen LogP contribution in [0.25, 0.3) is 10.9 Å². The number of nitrogens with zero attached hydrogens (tertiary/aromatic N) is 2. The molecule has 3 aromatic rings. The maximum absolute atomic E-state index is 14.5. The third-order valence-electron chi connectivity index (χ3n) is 4.33. The Balaban J connectivity index is 2.08. The van der Waals surface area contributed by atoms with Crippen LogP contribution in [0.1, 0.15) is 36.2 Å². The van der Waals surface area contributed by atoms with Gasteiger partial charge in [0, 0.05) is 22.7 Å². The molecule has 0 fully saturated rings. The number of nitriles is 1. The zero-order valence-corrected chi connectivity index (χ0v) is 16.5. The van der Waals surface area contributed by atoms with Gasteiger partial charge in [-0.2, -0.15) is 5.26 Å². The molecule has 1 atom stereocenters. The van der Waals surface area contributed by atoms with Gasteiger partial charge in [-0.15, -0.1) is 0 Å². The highest BCUT2D eigenvalue weighted by Gasteiger charge is 2.20. The second-order valence-corrected chi connectivity index (χ2v) is 6.94. The van der Waals surface area contributed by atoms with Crippen molar-refractivity contribution in [3.63, 3.8) is 0 Å². The number of methoxy groups -OCH3 is 1. The predicted octanol–water partition coefficient (Wildman–Crippen LogP) is 6.13. The molecule has 0 spiro atoms. The first-order valence-electron chi connectivity index (χ1n) is 8.27. The van der Waals surface area contributed by atoms with Crippen molar-refractivity contribution in [2.45, 2.75) is 19.4 Å². The molecule has 1 aromatic heterocycles. The van der Waals surface area contributed by atoms with Gasteiger partial charge in [0.15, 0.2) is 0 Å². The SMILES string of the molecule is COc1cc2nc(C#N)cc(N[C@H](C)c3cccc(C(F)F)c3F)c2cc1Br. The summed E-state index contributed by atoms with van der Waals surface area (Å²) in [7, 11) is 1.51. The van der Waals surface area contributed by atoms with E-state index in [2.05, 4.69) is 26.2 Å². The van der Waals surface area contributed by atoms with Crippen molar-refractivity contribution < 1.29 is 17.9 Å². The van der Waals surface area contributed by atoms with Crippen LogP contribution in [0.3, 0.4) is 0 Å². The largest absolute Gasteiger partial charge is 0.495 e. The molecule has 8 heteroatoms. The van der Waals surface area contributed by atoms with Crippen molar-refractivity contribution >= 4 is 32.5 Å². The number of hydrogen-bond acceptors (Lipinski definition) is 4. The van der Waals surface area contributed by atoms with Crippen molar-refractivity contribution in [2.24, 2.45) is 0 Å². The fourth-order valence-corrected chi connectivity index (χ4v) is 3.45. The molecule has 1 heterocycles. The lowest BCUT2D eigenvalue weighted by Gasteiger charge is -2.19. The van der Waals surface area contributed by atoms with Crippen LogP contribution in [0.2, 0.25) is 0 Å². The van der Waals surface area contributed by atoms with Gasteiger partial charge in [-0.05, 0) is 35.0 Å². The number of fused-ring (bicyclic) bond motifs is 1. The molecule has 0 aliphatic heterocycles. The van der Waals surface area contributed by atoms with Gasteiger partial charge < -0.3 is 10.1 Å². The van der Waals surface area contributed by atoms with Crippen LogP contribution in [-0.2, 0) is 0 Å². The van der Waals surface area contributed by atoms with Crippen LogP contribution in [-0.4, -0.2) is 12.1 Å². The second-order valence-electron chi connectivity index (χ2n) is 6.09. The van der Waals surface area contributed by atoms with Gasteiger partial charge in [0.25, 0.3) is 6.43 Å². The average molecular weight is 450 g/mol. The number of aromatic nitrogens is 1. The van der Waals surface area contributed by atoms with E-state index in [0.29, 0.717) is 26.8 Å². The summed E-state index contributed by atoms with van der Waals surface area (Å²) >= 11 is 3.41. The summed E-state index contributed by atoms with van der Waals surface area (Å²) in [6.07, 6.45) is -2.90. The number of alkyl halides is 2. The molecule has 0 amide bonds. The molecule has 3 rings (SSSR count). The normalized spacial score (nSPS) is 12.1. The standard InChI is InChI=1S/C20H15BrF3N3O/c1-10(12-4-3-5-13(19(12)22)20(23)24)26-16-6-11(9-25)27-17-8-18(28-2)15(21)7-14(16)17/h3-8,10,20H,1-2H3,(H,26,27)/t10-/m1/s1. The van der Waals surface area contributed by atoms with E-state index in [0.717, 1.165) is 6.07 Å². The Morgan fingerprint density at radius 1 is 1.21 bits per heavy atom. The van der Waals surface area contributed by atoms with Gasteiger partial charge in [0.2, 0.25) is 0 Å². The van der Waals surface area contributed by atoms with E-state index in [1.807, 2.05) is 6.07 Å². The molecule has 4 nitrogen and oxygen atoms in total. The lowest BCUT2D eigenvalue weighted by molar-refractivity contribution is 0.146.